The lowest BCUT2D eigenvalue weighted by molar-refractivity contribution is -0.144. The average molecular weight is 329 g/mol. The SMILES string of the molecule is FC(F)(F)c1nc(N[C@H]2C[C@@H]2c2ccccc2)c2ccccc2n1. The summed E-state index contributed by atoms with van der Waals surface area (Å²) in [5.41, 5.74) is 1.48. The van der Waals surface area contributed by atoms with Crippen molar-refractivity contribution in [3.8, 4) is 0 Å². The van der Waals surface area contributed by atoms with E-state index in [0.29, 0.717) is 16.8 Å². The molecule has 3 aromatic rings. The van der Waals surface area contributed by atoms with E-state index >= 15 is 0 Å². The van der Waals surface area contributed by atoms with Crippen molar-refractivity contribution in [3.63, 3.8) is 0 Å². The molecule has 1 fully saturated rings. The van der Waals surface area contributed by atoms with Crippen molar-refractivity contribution in [2.45, 2.75) is 24.6 Å². The van der Waals surface area contributed by atoms with Gasteiger partial charge in [-0.15, -0.1) is 0 Å². The highest BCUT2D eigenvalue weighted by atomic mass is 19.4. The normalized spacial score (nSPS) is 20.1. The van der Waals surface area contributed by atoms with Gasteiger partial charge in [-0.1, -0.05) is 42.5 Å². The highest BCUT2D eigenvalue weighted by Gasteiger charge is 2.40. The zero-order valence-electron chi connectivity index (χ0n) is 12.6. The molecule has 0 bridgehead atoms. The van der Waals surface area contributed by atoms with Crippen LogP contribution in [0.3, 0.4) is 0 Å². The van der Waals surface area contributed by atoms with Gasteiger partial charge in [0.25, 0.3) is 0 Å². The number of rotatable bonds is 3. The molecule has 6 heteroatoms. The molecule has 24 heavy (non-hydrogen) atoms. The number of nitrogens with one attached hydrogen (secondary N) is 1. The number of para-hydroxylation sites is 1. The van der Waals surface area contributed by atoms with Crippen LogP contribution in [0.2, 0.25) is 0 Å². The molecule has 0 spiro atoms. The highest BCUT2D eigenvalue weighted by Crippen LogP contribution is 2.43. The van der Waals surface area contributed by atoms with E-state index in [-0.39, 0.29) is 11.9 Å². The lowest BCUT2D eigenvalue weighted by Gasteiger charge is -2.12. The molecule has 0 unspecified atom stereocenters. The number of anilines is 1. The lowest BCUT2D eigenvalue weighted by atomic mass is 10.1. The standard InChI is InChI=1S/C18H14F3N3/c19-18(20,21)17-23-14-9-5-4-8-12(14)16(24-17)22-15-10-13(15)11-6-2-1-3-7-11/h1-9,13,15H,10H2,(H,22,23,24)/t13-,15+/m1/s1. The van der Waals surface area contributed by atoms with Crippen LogP contribution in [0.1, 0.15) is 23.7 Å². The maximum absolute atomic E-state index is 13.0. The van der Waals surface area contributed by atoms with Gasteiger partial charge in [0.05, 0.1) is 5.52 Å². The third-order valence-corrected chi connectivity index (χ3v) is 4.20. The largest absolute Gasteiger partial charge is 0.451 e. The first-order valence-electron chi connectivity index (χ1n) is 7.68. The van der Waals surface area contributed by atoms with E-state index in [1.165, 1.54) is 5.56 Å². The van der Waals surface area contributed by atoms with Crippen LogP contribution >= 0.6 is 0 Å². The smallest absolute Gasteiger partial charge is 0.366 e. The number of aromatic nitrogens is 2. The molecule has 0 radical (unpaired) electrons. The second kappa shape index (κ2) is 5.47. The Kier molecular flexibility index (Phi) is 3.40. The first-order valence-corrected chi connectivity index (χ1v) is 7.68. The van der Waals surface area contributed by atoms with Crippen LogP contribution in [-0.4, -0.2) is 16.0 Å². The molecule has 1 aliphatic carbocycles. The van der Waals surface area contributed by atoms with Crippen LogP contribution in [0.4, 0.5) is 19.0 Å². The molecular formula is C18H14F3N3. The van der Waals surface area contributed by atoms with Gasteiger partial charge in [-0.3, -0.25) is 0 Å². The molecule has 1 aliphatic rings. The molecular weight excluding hydrogens is 315 g/mol. The monoisotopic (exact) mass is 329 g/mol. The Labute approximate surface area is 136 Å². The first kappa shape index (κ1) is 14.9. The summed E-state index contributed by atoms with van der Waals surface area (Å²) in [6.07, 6.45) is -3.69. The molecule has 1 aromatic heterocycles. The minimum absolute atomic E-state index is 0.0896. The van der Waals surface area contributed by atoms with Crippen molar-refractivity contribution in [2.24, 2.45) is 0 Å². The molecule has 0 aliphatic heterocycles. The third kappa shape index (κ3) is 2.79. The summed E-state index contributed by atoms with van der Waals surface area (Å²) in [6.45, 7) is 0. The van der Waals surface area contributed by atoms with Gasteiger partial charge in [0.1, 0.15) is 5.82 Å². The van der Waals surface area contributed by atoms with Crippen molar-refractivity contribution in [3.05, 3.63) is 66.0 Å². The van der Waals surface area contributed by atoms with Gasteiger partial charge >= 0.3 is 6.18 Å². The van der Waals surface area contributed by atoms with Crippen LogP contribution < -0.4 is 5.32 Å². The fraction of sp³-hybridized carbons (Fsp3) is 0.222. The van der Waals surface area contributed by atoms with Gasteiger partial charge in [0.15, 0.2) is 0 Å². The third-order valence-electron chi connectivity index (χ3n) is 4.20. The topological polar surface area (TPSA) is 37.8 Å². The van der Waals surface area contributed by atoms with E-state index in [9.17, 15) is 13.2 Å². The fourth-order valence-electron chi connectivity index (χ4n) is 2.91. The molecule has 0 amide bonds. The van der Waals surface area contributed by atoms with Gasteiger partial charge in [0, 0.05) is 17.3 Å². The molecule has 122 valence electrons. The van der Waals surface area contributed by atoms with E-state index in [1.807, 2.05) is 30.3 Å². The van der Waals surface area contributed by atoms with Crippen LogP contribution in [0, 0.1) is 0 Å². The van der Waals surface area contributed by atoms with Crippen molar-refractivity contribution < 1.29 is 13.2 Å². The van der Waals surface area contributed by atoms with Crippen molar-refractivity contribution in [1.82, 2.24) is 9.97 Å². The van der Waals surface area contributed by atoms with Crippen LogP contribution in [0.25, 0.3) is 10.9 Å². The van der Waals surface area contributed by atoms with Gasteiger partial charge in [-0.25, -0.2) is 9.97 Å². The number of hydrogen-bond donors (Lipinski definition) is 1. The Hall–Kier alpha value is -2.63. The van der Waals surface area contributed by atoms with Crippen molar-refractivity contribution in [1.29, 1.82) is 0 Å². The summed E-state index contributed by atoms with van der Waals surface area (Å²) >= 11 is 0. The van der Waals surface area contributed by atoms with Gasteiger partial charge in [0.2, 0.25) is 5.82 Å². The summed E-state index contributed by atoms with van der Waals surface area (Å²) in [7, 11) is 0. The van der Waals surface area contributed by atoms with Gasteiger partial charge in [-0.05, 0) is 24.1 Å². The van der Waals surface area contributed by atoms with E-state index in [2.05, 4.69) is 15.3 Å². The van der Waals surface area contributed by atoms with E-state index < -0.39 is 12.0 Å². The second-order valence-corrected chi connectivity index (χ2v) is 5.91. The van der Waals surface area contributed by atoms with E-state index in [4.69, 9.17) is 0 Å². The maximum atomic E-state index is 13.0. The Morgan fingerprint density at radius 2 is 1.62 bits per heavy atom. The summed E-state index contributed by atoms with van der Waals surface area (Å²) in [5, 5.41) is 3.77. The average Bonchev–Trinajstić information content (AvgIpc) is 3.34. The summed E-state index contributed by atoms with van der Waals surface area (Å²) < 4.78 is 39.1. The minimum atomic E-state index is -4.57. The number of nitrogens with zero attached hydrogens (tertiary/aromatic N) is 2. The number of benzene rings is 2. The zero-order valence-corrected chi connectivity index (χ0v) is 12.6. The number of fused-ring (bicyclic) bond motifs is 1. The molecule has 3 nitrogen and oxygen atoms in total. The van der Waals surface area contributed by atoms with Crippen LogP contribution in [0.15, 0.2) is 54.6 Å². The molecule has 0 saturated heterocycles. The van der Waals surface area contributed by atoms with Gasteiger partial charge < -0.3 is 5.32 Å². The predicted octanol–water partition coefficient (Wildman–Crippen LogP) is 4.62. The van der Waals surface area contributed by atoms with E-state index in [0.717, 1.165) is 6.42 Å². The second-order valence-electron chi connectivity index (χ2n) is 5.91. The number of alkyl halides is 3. The summed E-state index contributed by atoms with van der Waals surface area (Å²) in [4.78, 5) is 7.37. The lowest BCUT2D eigenvalue weighted by Crippen LogP contribution is -2.15. The molecule has 2 aromatic carbocycles. The Morgan fingerprint density at radius 3 is 2.38 bits per heavy atom. The van der Waals surface area contributed by atoms with Crippen molar-refractivity contribution >= 4 is 16.7 Å². The number of halogens is 3. The molecule has 1 heterocycles. The van der Waals surface area contributed by atoms with E-state index in [1.54, 1.807) is 24.3 Å². The van der Waals surface area contributed by atoms with Crippen LogP contribution in [-0.2, 0) is 6.18 Å². The summed E-state index contributed by atoms with van der Waals surface area (Å²) in [5.74, 6) is -0.564. The molecule has 1 N–H and O–H groups in total. The minimum Gasteiger partial charge on any atom is -0.366 e. The Bertz CT molecular complexity index is 878. The highest BCUT2D eigenvalue weighted by molar-refractivity contribution is 5.89. The quantitative estimate of drug-likeness (QED) is 0.762. The number of hydrogen-bond acceptors (Lipinski definition) is 3. The molecule has 2 atom stereocenters. The Balaban J connectivity index is 1.67. The zero-order chi connectivity index (χ0) is 16.7. The molecule has 4 rings (SSSR count). The summed E-state index contributed by atoms with van der Waals surface area (Å²) in [6, 6.07) is 16.8. The van der Waals surface area contributed by atoms with Crippen LogP contribution in [0.5, 0.6) is 0 Å². The molecule has 1 saturated carbocycles. The Morgan fingerprint density at radius 1 is 0.917 bits per heavy atom. The van der Waals surface area contributed by atoms with Crippen molar-refractivity contribution in [2.75, 3.05) is 5.32 Å². The maximum Gasteiger partial charge on any atom is 0.451 e. The fourth-order valence-corrected chi connectivity index (χ4v) is 2.91. The first-order chi connectivity index (χ1) is 11.5. The van der Waals surface area contributed by atoms with Gasteiger partial charge in [-0.2, -0.15) is 13.2 Å². The predicted molar refractivity (Wildman–Crippen MR) is 85.8 cm³/mol.